The summed E-state index contributed by atoms with van der Waals surface area (Å²) in [6, 6.07) is 11.9. The summed E-state index contributed by atoms with van der Waals surface area (Å²) in [5.74, 6) is 0.366. The van der Waals surface area contributed by atoms with E-state index in [0.717, 1.165) is 0 Å². The van der Waals surface area contributed by atoms with Crippen LogP contribution in [-0.4, -0.2) is 57.3 Å². The maximum Gasteiger partial charge on any atom is 0.261 e. The minimum Gasteiger partial charge on any atom is -0.339 e. The smallest absolute Gasteiger partial charge is 0.261 e. The number of piperazine rings is 1. The van der Waals surface area contributed by atoms with Gasteiger partial charge < -0.3 is 9.80 Å². The second-order valence-corrected chi connectivity index (χ2v) is 8.59. The maximum atomic E-state index is 12.8. The third kappa shape index (κ3) is 4.64. The van der Waals surface area contributed by atoms with Crippen molar-refractivity contribution >= 4 is 45.9 Å². The molecule has 7 nitrogen and oxygen atoms in total. The summed E-state index contributed by atoms with van der Waals surface area (Å²) in [6.07, 6.45) is 0.193. The van der Waals surface area contributed by atoms with E-state index in [1.54, 1.807) is 57.7 Å². The molecule has 1 fully saturated rings. The Morgan fingerprint density at radius 2 is 1.59 bits per heavy atom. The number of hydrogen-bond donors (Lipinski definition) is 0. The van der Waals surface area contributed by atoms with Gasteiger partial charge in [-0.2, -0.15) is 0 Å². The van der Waals surface area contributed by atoms with E-state index in [0.29, 0.717) is 58.5 Å². The topological polar surface area (TPSA) is 75.5 Å². The van der Waals surface area contributed by atoms with Gasteiger partial charge in [0.1, 0.15) is 5.82 Å². The van der Waals surface area contributed by atoms with Gasteiger partial charge in [0.2, 0.25) is 5.91 Å². The quantitative estimate of drug-likeness (QED) is 0.583. The highest BCUT2D eigenvalue weighted by atomic mass is 35.5. The Morgan fingerprint density at radius 1 is 0.969 bits per heavy atom. The molecule has 32 heavy (non-hydrogen) atoms. The van der Waals surface area contributed by atoms with E-state index in [1.165, 1.54) is 0 Å². The van der Waals surface area contributed by atoms with Crippen LogP contribution < -0.4 is 5.56 Å². The average Bonchev–Trinajstić information content (AvgIpc) is 2.77. The number of hydrogen-bond acceptors (Lipinski definition) is 4. The normalized spacial score (nSPS) is 14.1. The molecule has 166 valence electrons. The molecule has 0 bridgehead atoms. The van der Waals surface area contributed by atoms with Gasteiger partial charge in [-0.3, -0.25) is 19.0 Å². The van der Waals surface area contributed by atoms with Crippen molar-refractivity contribution in [2.45, 2.75) is 19.9 Å². The molecule has 1 aromatic heterocycles. The summed E-state index contributed by atoms with van der Waals surface area (Å²) in [6.45, 7) is 3.74. The fourth-order valence-electron chi connectivity index (χ4n) is 3.93. The predicted octanol–water partition coefficient (Wildman–Crippen LogP) is 3.39. The highest BCUT2D eigenvalue weighted by molar-refractivity contribution is 6.35. The molecular formula is C23H22Cl2N4O3. The van der Waals surface area contributed by atoms with Crippen LogP contribution in [0.25, 0.3) is 10.9 Å². The second-order valence-electron chi connectivity index (χ2n) is 7.71. The van der Waals surface area contributed by atoms with Gasteiger partial charge in [0.15, 0.2) is 0 Å². The number of amides is 2. The number of para-hydroxylation sites is 1. The molecule has 1 aliphatic rings. The number of halogens is 2. The molecule has 0 atom stereocenters. The minimum absolute atomic E-state index is 0.0534. The van der Waals surface area contributed by atoms with Crippen LogP contribution >= 0.6 is 23.2 Å². The lowest BCUT2D eigenvalue weighted by Crippen LogP contribution is -2.50. The molecule has 2 amide bonds. The van der Waals surface area contributed by atoms with Gasteiger partial charge >= 0.3 is 0 Å². The number of aryl methyl sites for hydroxylation is 1. The number of rotatable bonds is 4. The van der Waals surface area contributed by atoms with Gasteiger partial charge in [-0.05, 0) is 37.3 Å². The lowest BCUT2D eigenvalue weighted by atomic mass is 10.1. The van der Waals surface area contributed by atoms with Crippen molar-refractivity contribution in [3.63, 3.8) is 0 Å². The van der Waals surface area contributed by atoms with Gasteiger partial charge in [-0.25, -0.2) is 4.98 Å². The van der Waals surface area contributed by atoms with E-state index in [1.807, 2.05) is 6.07 Å². The molecule has 0 N–H and O–H groups in total. The van der Waals surface area contributed by atoms with Gasteiger partial charge in [-0.1, -0.05) is 35.3 Å². The first-order valence-electron chi connectivity index (χ1n) is 10.3. The SMILES string of the molecule is Cc1nc2ccccc2c(=O)n1CCC(=O)N1CCN(C(=O)c2cc(Cl)cc(Cl)c2)CC1. The first-order valence-corrected chi connectivity index (χ1v) is 11.1. The lowest BCUT2D eigenvalue weighted by Gasteiger charge is -2.35. The monoisotopic (exact) mass is 472 g/mol. The maximum absolute atomic E-state index is 12.8. The van der Waals surface area contributed by atoms with E-state index < -0.39 is 0 Å². The summed E-state index contributed by atoms with van der Waals surface area (Å²) in [5.41, 5.74) is 0.941. The predicted molar refractivity (Wildman–Crippen MR) is 124 cm³/mol. The van der Waals surface area contributed by atoms with Crippen molar-refractivity contribution in [2.75, 3.05) is 26.2 Å². The molecule has 1 aliphatic heterocycles. The van der Waals surface area contributed by atoms with Crippen LogP contribution in [0.4, 0.5) is 0 Å². The summed E-state index contributed by atoms with van der Waals surface area (Å²) in [4.78, 5) is 46.1. The molecule has 2 aromatic carbocycles. The Morgan fingerprint density at radius 3 is 2.28 bits per heavy atom. The van der Waals surface area contributed by atoms with Gasteiger partial charge in [0.05, 0.1) is 10.9 Å². The number of aromatic nitrogens is 2. The van der Waals surface area contributed by atoms with Gasteiger partial charge in [0.25, 0.3) is 11.5 Å². The molecule has 0 aliphatic carbocycles. The van der Waals surface area contributed by atoms with Crippen LogP contribution in [0.3, 0.4) is 0 Å². The molecule has 0 saturated carbocycles. The van der Waals surface area contributed by atoms with Crippen LogP contribution in [0, 0.1) is 6.92 Å². The Balaban J connectivity index is 1.37. The number of nitrogens with zero attached hydrogens (tertiary/aromatic N) is 4. The van der Waals surface area contributed by atoms with Crippen molar-refractivity contribution in [1.82, 2.24) is 19.4 Å². The molecule has 1 saturated heterocycles. The summed E-state index contributed by atoms with van der Waals surface area (Å²) in [5, 5.41) is 1.35. The largest absolute Gasteiger partial charge is 0.339 e. The minimum atomic E-state index is -0.161. The first kappa shape index (κ1) is 22.3. The molecular weight excluding hydrogens is 451 g/mol. The van der Waals surface area contributed by atoms with Crippen molar-refractivity contribution in [3.8, 4) is 0 Å². The lowest BCUT2D eigenvalue weighted by molar-refractivity contribution is -0.132. The van der Waals surface area contributed by atoms with Crippen LogP contribution in [0.1, 0.15) is 22.6 Å². The van der Waals surface area contributed by atoms with E-state index >= 15 is 0 Å². The molecule has 0 spiro atoms. The standard InChI is InChI=1S/C23H22Cl2N4O3/c1-15-26-20-5-3-2-4-19(20)23(32)29(15)7-6-21(30)27-8-10-28(11-9-27)22(31)16-12-17(24)14-18(25)13-16/h2-5,12-14H,6-11H2,1H3. The molecule has 3 aromatic rings. The van der Waals surface area contributed by atoms with Crippen LogP contribution in [0.2, 0.25) is 10.0 Å². The summed E-state index contributed by atoms with van der Waals surface area (Å²) >= 11 is 12.0. The van der Waals surface area contributed by atoms with Crippen molar-refractivity contribution in [3.05, 3.63) is 74.3 Å². The molecule has 9 heteroatoms. The van der Waals surface area contributed by atoms with Crippen LogP contribution in [0.5, 0.6) is 0 Å². The third-order valence-electron chi connectivity index (χ3n) is 5.63. The Hall–Kier alpha value is -2.90. The zero-order valence-corrected chi connectivity index (χ0v) is 19.1. The Bertz CT molecular complexity index is 1230. The van der Waals surface area contributed by atoms with E-state index in [9.17, 15) is 14.4 Å². The summed E-state index contributed by atoms with van der Waals surface area (Å²) in [7, 11) is 0. The van der Waals surface area contributed by atoms with Crippen LogP contribution in [-0.2, 0) is 11.3 Å². The fourth-order valence-corrected chi connectivity index (χ4v) is 4.45. The van der Waals surface area contributed by atoms with Gasteiger partial charge in [0, 0.05) is 54.8 Å². The van der Waals surface area contributed by atoms with Crippen LogP contribution in [0.15, 0.2) is 47.3 Å². The highest BCUT2D eigenvalue weighted by Gasteiger charge is 2.25. The zero-order chi connectivity index (χ0) is 22.8. The molecule has 0 radical (unpaired) electrons. The summed E-state index contributed by atoms with van der Waals surface area (Å²) < 4.78 is 1.54. The molecule has 2 heterocycles. The second kappa shape index (κ2) is 9.30. The van der Waals surface area contributed by atoms with E-state index in [2.05, 4.69) is 4.98 Å². The van der Waals surface area contributed by atoms with Crippen molar-refractivity contribution < 1.29 is 9.59 Å². The number of carbonyl (C=O) groups is 2. The number of benzene rings is 2. The number of carbonyl (C=O) groups excluding carboxylic acids is 2. The van der Waals surface area contributed by atoms with E-state index in [4.69, 9.17) is 23.2 Å². The first-order chi connectivity index (χ1) is 15.3. The Labute approximate surface area is 195 Å². The molecule has 4 rings (SSSR count). The Kier molecular flexibility index (Phi) is 6.48. The van der Waals surface area contributed by atoms with Crippen molar-refractivity contribution in [2.24, 2.45) is 0 Å². The fraction of sp³-hybridized carbons (Fsp3) is 0.304. The van der Waals surface area contributed by atoms with Crippen molar-refractivity contribution in [1.29, 1.82) is 0 Å². The zero-order valence-electron chi connectivity index (χ0n) is 17.6. The molecule has 0 unspecified atom stereocenters. The van der Waals surface area contributed by atoms with E-state index in [-0.39, 0.29) is 30.3 Å². The third-order valence-corrected chi connectivity index (χ3v) is 6.07. The average molecular weight is 473 g/mol. The van der Waals surface area contributed by atoms with Gasteiger partial charge in [-0.15, -0.1) is 0 Å². The number of fused-ring (bicyclic) bond motifs is 1. The highest BCUT2D eigenvalue weighted by Crippen LogP contribution is 2.21.